The second kappa shape index (κ2) is 16.7. The van der Waals surface area contributed by atoms with Crippen molar-refractivity contribution in [3.8, 4) is 28.7 Å². The van der Waals surface area contributed by atoms with Gasteiger partial charge in [-0.3, -0.25) is 9.98 Å². The van der Waals surface area contributed by atoms with Crippen molar-refractivity contribution in [2.45, 2.75) is 90.1 Å². The normalized spacial score (nSPS) is 16.7. The molecule has 5 rings (SSSR count). The summed E-state index contributed by atoms with van der Waals surface area (Å²) in [4.78, 5) is 9.70. The summed E-state index contributed by atoms with van der Waals surface area (Å²) in [6.45, 7) is 12.6. The van der Waals surface area contributed by atoms with Crippen LogP contribution in [0.5, 0.6) is 28.7 Å². The molecular weight excluding hydrogens is 627 g/mol. The van der Waals surface area contributed by atoms with Crippen LogP contribution in [0.1, 0.15) is 89.5 Å². The van der Waals surface area contributed by atoms with Crippen LogP contribution in [0.25, 0.3) is 0 Å². The largest absolute Gasteiger partial charge is 0.872 e. The Morgan fingerprint density at radius 1 is 0.617 bits per heavy atom. The van der Waals surface area contributed by atoms with Crippen LogP contribution in [0, 0.1) is 0 Å². The summed E-state index contributed by atoms with van der Waals surface area (Å²) >= 11 is 0. The van der Waals surface area contributed by atoms with Crippen molar-refractivity contribution in [3.63, 3.8) is 0 Å². The number of aliphatic imine (C=N–C) groups is 2. The average Bonchev–Trinajstić information content (AvgIpc) is 3.01. The zero-order valence-electron chi connectivity index (χ0n) is 28.3. The van der Waals surface area contributed by atoms with E-state index in [1.54, 1.807) is 24.6 Å². The molecule has 1 aliphatic carbocycles. The van der Waals surface area contributed by atoms with Crippen LogP contribution in [-0.4, -0.2) is 34.7 Å². The van der Waals surface area contributed by atoms with Crippen molar-refractivity contribution >= 4 is 12.4 Å². The molecule has 2 N–H and O–H groups in total. The van der Waals surface area contributed by atoms with E-state index < -0.39 is 0 Å². The summed E-state index contributed by atoms with van der Waals surface area (Å²) in [6.07, 6.45) is 7.83. The molecule has 1 fully saturated rings. The Bertz CT molecular complexity index is 1540. The summed E-state index contributed by atoms with van der Waals surface area (Å²) in [6, 6.07) is 27.6. The number of para-hydroxylation sites is 3. The molecule has 0 bridgehead atoms. The molecule has 7 heteroatoms. The van der Waals surface area contributed by atoms with Gasteiger partial charge in [-0.2, -0.15) is 0 Å². The molecule has 1 radical (unpaired) electrons. The van der Waals surface area contributed by atoms with Gasteiger partial charge in [0.1, 0.15) is 23.0 Å². The monoisotopic (exact) mass is 674 g/mol. The average molecular weight is 675 g/mol. The molecule has 0 heterocycles. The number of nitrogens with zero attached hydrogens (tertiary/aromatic N) is 2. The van der Waals surface area contributed by atoms with E-state index in [0.717, 1.165) is 53.7 Å². The van der Waals surface area contributed by atoms with Crippen molar-refractivity contribution in [2.24, 2.45) is 9.98 Å². The SMILES string of the molecule is CC(C)(C)c1cccc(C=NC2CCCCC2N=Cc2cccc(C(C)(C)C)c2O)c1O.[Mn].[O-]c1ccc(Oc2ccccc2)cc1. The van der Waals surface area contributed by atoms with Gasteiger partial charge in [-0.1, -0.05) is 109 Å². The van der Waals surface area contributed by atoms with Gasteiger partial charge in [-0.25, -0.2) is 0 Å². The number of hydrogen-bond acceptors (Lipinski definition) is 6. The van der Waals surface area contributed by atoms with Crippen molar-refractivity contribution < 1.29 is 37.1 Å². The molecule has 6 nitrogen and oxygen atoms in total. The second-order valence-electron chi connectivity index (χ2n) is 13.8. The van der Waals surface area contributed by atoms with Crippen molar-refractivity contribution in [3.05, 3.63) is 113 Å². The van der Waals surface area contributed by atoms with Crippen molar-refractivity contribution in [1.29, 1.82) is 0 Å². The first kappa shape index (κ1) is 37.4. The Labute approximate surface area is 290 Å². The fourth-order valence-corrected chi connectivity index (χ4v) is 5.47. The molecule has 4 aromatic rings. The van der Waals surface area contributed by atoms with Gasteiger partial charge in [0, 0.05) is 40.6 Å². The molecule has 0 saturated heterocycles. The van der Waals surface area contributed by atoms with E-state index in [1.807, 2.05) is 66.7 Å². The van der Waals surface area contributed by atoms with Gasteiger partial charge in [0.15, 0.2) is 0 Å². The molecule has 0 spiro atoms. The molecule has 249 valence electrons. The minimum Gasteiger partial charge on any atom is -0.872 e. The number of hydrogen-bond donors (Lipinski definition) is 2. The van der Waals surface area contributed by atoms with E-state index in [4.69, 9.17) is 14.7 Å². The quantitative estimate of drug-likeness (QED) is 0.158. The van der Waals surface area contributed by atoms with Crippen LogP contribution in [-0.2, 0) is 27.9 Å². The maximum absolute atomic E-state index is 10.8. The van der Waals surface area contributed by atoms with Gasteiger partial charge in [0.05, 0.1) is 12.1 Å². The van der Waals surface area contributed by atoms with Crippen LogP contribution in [0.2, 0.25) is 0 Å². The Balaban J connectivity index is 0.000000333. The van der Waals surface area contributed by atoms with Gasteiger partial charge in [0.2, 0.25) is 0 Å². The van der Waals surface area contributed by atoms with Crippen molar-refractivity contribution in [2.75, 3.05) is 0 Å². The number of benzene rings is 4. The van der Waals surface area contributed by atoms with Crippen LogP contribution < -0.4 is 9.84 Å². The van der Waals surface area contributed by atoms with Crippen LogP contribution >= 0.6 is 0 Å². The van der Waals surface area contributed by atoms with Gasteiger partial charge >= 0.3 is 0 Å². The molecule has 1 aliphatic rings. The zero-order chi connectivity index (χ0) is 33.3. The smallest absolute Gasteiger partial charge is 0.128 e. The number of aromatic hydroxyl groups is 2. The van der Waals surface area contributed by atoms with E-state index in [1.165, 1.54) is 12.1 Å². The minimum absolute atomic E-state index is 0. The van der Waals surface area contributed by atoms with E-state index in [9.17, 15) is 15.3 Å². The predicted octanol–water partition coefficient (Wildman–Crippen LogP) is 9.09. The topological polar surface area (TPSA) is 97.5 Å². The third-order valence-electron chi connectivity index (χ3n) is 8.06. The van der Waals surface area contributed by atoms with Crippen LogP contribution in [0.3, 0.4) is 0 Å². The summed E-state index contributed by atoms with van der Waals surface area (Å²) in [7, 11) is 0. The summed E-state index contributed by atoms with van der Waals surface area (Å²) in [5.74, 6) is 2.06. The first-order valence-electron chi connectivity index (χ1n) is 16.0. The Kier molecular flexibility index (Phi) is 13.3. The van der Waals surface area contributed by atoms with E-state index in [-0.39, 0.29) is 45.7 Å². The van der Waals surface area contributed by atoms with Crippen LogP contribution in [0.15, 0.2) is 101 Å². The molecule has 0 aromatic heterocycles. The van der Waals surface area contributed by atoms with Gasteiger partial charge in [-0.15, -0.1) is 5.75 Å². The molecular formula is C40H47MnN2O4-. The standard InChI is InChI=1S/C28H38N2O2.C12H10O2.Mn/c1-27(2,3)21-13-9-11-19(25(21)31)17-29-23-15-7-8-16-24(23)30-18-20-12-10-14-22(26(20)32)28(4,5)6;13-10-6-8-12(9-7-10)14-11-4-2-1-3-5-11;/h9-14,17-18,23-24,31-32H,7-8,15-16H2,1-6H3;1-9,13H;/p-1. The van der Waals surface area contributed by atoms with Gasteiger partial charge in [0.25, 0.3) is 0 Å². The molecule has 4 aromatic carbocycles. The summed E-state index contributed by atoms with van der Waals surface area (Å²) in [5.41, 5.74) is 3.09. The summed E-state index contributed by atoms with van der Waals surface area (Å²) in [5, 5.41) is 32.3. The molecule has 47 heavy (non-hydrogen) atoms. The maximum Gasteiger partial charge on any atom is 0.128 e. The van der Waals surface area contributed by atoms with Crippen molar-refractivity contribution in [1.82, 2.24) is 0 Å². The third kappa shape index (κ3) is 10.7. The predicted molar refractivity (Wildman–Crippen MR) is 187 cm³/mol. The zero-order valence-corrected chi connectivity index (χ0v) is 29.5. The fraction of sp³-hybridized carbons (Fsp3) is 0.350. The van der Waals surface area contributed by atoms with Crippen LogP contribution in [0.4, 0.5) is 0 Å². The third-order valence-corrected chi connectivity index (χ3v) is 8.06. The van der Waals surface area contributed by atoms with E-state index in [0.29, 0.717) is 17.2 Å². The number of phenols is 2. The molecule has 2 atom stereocenters. The van der Waals surface area contributed by atoms with Gasteiger partial charge < -0.3 is 20.1 Å². The Morgan fingerprint density at radius 3 is 1.47 bits per heavy atom. The maximum atomic E-state index is 10.8. The number of rotatable bonds is 6. The summed E-state index contributed by atoms with van der Waals surface area (Å²) < 4.78 is 5.49. The number of ether oxygens (including phenoxy) is 1. The van der Waals surface area contributed by atoms with Gasteiger partial charge in [-0.05, 0) is 71.2 Å². The Hall–Kier alpha value is -4.06. The fourth-order valence-electron chi connectivity index (χ4n) is 5.47. The van der Waals surface area contributed by atoms with E-state index in [2.05, 4.69) is 41.5 Å². The molecule has 1 saturated carbocycles. The Morgan fingerprint density at radius 2 is 1.04 bits per heavy atom. The molecule has 0 aliphatic heterocycles. The number of phenolic OH excluding ortho intramolecular Hbond substituents is 2. The first-order valence-corrected chi connectivity index (χ1v) is 16.0. The first-order chi connectivity index (χ1) is 21.8. The second-order valence-corrected chi connectivity index (χ2v) is 13.8. The minimum atomic E-state index is -0.130. The van der Waals surface area contributed by atoms with E-state index >= 15 is 0 Å². The molecule has 2 unspecified atom stereocenters. The molecule has 0 amide bonds.